The van der Waals surface area contributed by atoms with Gasteiger partial charge in [-0.25, -0.2) is 0 Å². The fourth-order valence-corrected chi connectivity index (χ4v) is 5.69. The predicted molar refractivity (Wildman–Crippen MR) is 156 cm³/mol. The zero-order chi connectivity index (χ0) is 26.6. The Balaban J connectivity index is 1.19. The number of hydrogen-bond donors (Lipinski definition) is 1. The number of aromatic nitrogens is 2. The molecule has 0 saturated carbocycles. The van der Waals surface area contributed by atoms with Crippen LogP contribution < -0.4 is 5.32 Å². The number of hydrogen-bond acceptors (Lipinski definition) is 5. The van der Waals surface area contributed by atoms with E-state index < -0.39 is 0 Å². The topological polar surface area (TPSA) is 71.8 Å². The number of ether oxygens (including phenoxy) is 1. The van der Waals surface area contributed by atoms with Crippen molar-refractivity contribution in [1.82, 2.24) is 14.7 Å². The molecule has 3 aromatic rings. The molecule has 2 aromatic carbocycles. The normalized spacial score (nSPS) is 20.7. The molecule has 200 valence electrons. The molecule has 1 aromatic heterocycles. The number of amides is 1. The largest absolute Gasteiger partial charge is 0.379 e. The zero-order valence-electron chi connectivity index (χ0n) is 22.4. The highest BCUT2D eigenvalue weighted by Gasteiger charge is 2.25. The van der Waals surface area contributed by atoms with Gasteiger partial charge in [-0.05, 0) is 55.5 Å². The Kier molecular flexibility index (Phi) is 7.52. The maximum atomic E-state index is 13.4. The second kappa shape index (κ2) is 11.5. The lowest BCUT2D eigenvalue weighted by Crippen LogP contribution is -2.42. The van der Waals surface area contributed by atoms with Gasteiger partial charge < -0.3 is 10.1 Å². The van der Waals surface area contributed by atoms with Gasteiger partial charge in [0.1, 0.15) is 0 Å². The second-order valence-corrected chi connectivity index (χ2v) is 10.5. The fourth-order valence-electron chi connectivity index (χ4n) is 5.69. The summed E-state index contributed by atoms with van der Waals surface area (Å²) in [6.45, 7) is 6.41. The molecule has 39 heavy (non-hydrogen) atoms. The number of morpholine rings is 1. The molecule has 7 heteroatoms. The Morgan fingerprint density at radius 3 is 2.82 bits per heavy atom. The number of nitrogens with one attached hydrogen (secondary N) is 1. The van der Waals surface area contributed by atoms with E-state index in [1.54, 1.807) is 6.20 Å². The summed E-state index contributed by atoms with van der Waals surface area (Å²) in [6, 6.07) is 16.5. The van der Waals surface area contributed by atoms with Gasteiger partial charge in [-0.3, -0.25) is 19.4 Å². The third kappa shape index (κ3) is 5.65. The van der Waals surface area contributed by atoms with Gasteiger partial charge in [0, 0.05) is 47.9 Å². The predicted octanol–water partition coefficient (Wildman–Crippen LogP) is 5.37. The van der Waals surface area contributed by atoms with E-state index in [2.05, 4.69) is 52.6 Å². The number of carbonyl (C=O) groups is 1. The van der Waals surface area contributed by atoms with Crippen molar-refractivity contribution in [2.24, 2.45) is 10.9 Å². The molecule has 3 aliphatic rings. The van der Waals surface area contributed by atoms with Crippen molar-refractivity contribution in [1.29, 1.82) is 0 Å². The molecule has 2 aliphatic heterocycles. The molecule has 0 spiro atoms. The molecule has 1 aliphatic carbocycles. The fraction of sp³-hybridized carbons (Fsp3) is 0.344. The molecule has 7 nitrogen and oxygen atoms in total. The average molecular weight is 522 g/mol. The van der Waals surface area contributed by atoms with Crippen LogP contribution in [0.5, 0.6) is 0 Å². The van der Waals surface area contributed by atoms with Crippen LogP contribution in [0.15, 0.2) is 95.3 Å². The van der Waals surface area contributed by atoms with Crippen LogP contribution in [-0.4, -0.2) is 58.6 Å². The van der Waals surface area contributed by atoms with Gasteiger partial charge in [0.05, 0.1) is 37.2 Å². The van der Waals surface area contributed by atoms with Crippen LogP contribution in [0.1, 0.15) is 31.7 Å². The Labute approximate surface area is 229 Å². The van der Waals surface area contributed by atoms with Crippen molar-refractivity contribution in [3.63, 3.8) is 0 Å². The van der Waals surface area contributed by atoms with Crippen LogP contribution in [0.4, 0.5) is 5.69 Å². The van der Waals surface area contributed by atoms with E-state index in [1.807, 2.05) is 47.3 Å². The van der Waals surface area contributed by atoms with Gasteiger partial charge in [0.25, 0.3) is 5.91 Å². The number of aliphatic imine (C=N–C) groups is 1. The monoisotopic (exact) mass is 521 g/mol. The van der Waals surface area contributed by atoms with E-state index in [0.717, 1.165) is 61.4 Å². The number of allylic oxidation sites excluding steroid dienone is 2. The molecule has 6 rings (SSSR count). The standard InChI is InChI=1S/C32H35N5O2/c1-23(36-15-17-39-18-16-36)26-10-5-9-25-13-14-27(20-33-30(25)19-26)32(38)35-29-11-6-12-31-28(29)21-34-37(31)22-24-7-3-2-4-8-24/h2-8,10-12,19-21,23,25H,9,13-18,22H2,1H3,(H,35,38). The number of nitrogens with zero attached hydrogens (tertiary/aromatic N) is 4. The Hall–Kier alpha value is -3.81. The summed E-state index contributed by atoms with van der Waals surface area (Å²) in [5, 5.41) is 8.68. The van der Waals surface area contributed by atoms with E-state index in [-0.39, 0.29) is 5.91 Å². The number of carbonyl (C=O) groups excluding carboxylic acids is 1. The third-order valence-electron chi connectivity index (χ3n) is 8.07. The first-order chi connectivity index (χ1) is 19.2. The van der Waals surface area contributed by atoms with E-state index in [4.69, 9.17) is 9.73 Å². The van der Waals surface area contributed by atoms with E-state index in [9.17, 15) is 4.79 Å². The summed E-state index contributed by atoms with van der Waals surface area (Å²) in [5.74, 6) is 0.220. The van der Waals surface area contributed by atoms with Gasteiger partial charge in [-0.15, -0.1) is 0 Å². The highest BCUT2D eigenvalue weighted by Crippen LogP contribution is 2.29. The summed E-state index contributed by atoms with van der Waals surface area (Å²) in [5.41, 5.74) is 6.01. The van der Waals surface area contributed by atoms with Crippen molar-refractivity contribution in [2.75, 3.05) is 31.6 Å². The van der Waals surface area contributed by atoms with Crippen molar-refractivity contribution in [3.8, 4) is 0 Å². The van der Waals surface area contributed by atoms with E-state index >= 15 is 0 Å². The van der Waals surface area contributed by atoms with Gasteiger partial charge in [-0.1, -0.05) is 48.6 Å². The molecule has 3 heterocycles. The van der Waals surface area contributed by atoms with Crippen molar-refractivity contribution in [2.45, 2.75) is 38.8 Å². The van der Waals surface area contributed by atoms with Crippen molar-refractivity contribution in [3.05, 3.63) is 95.9 Å². The lowest BCUT2D eigenvalue weighted by molar-refractivity contribution is -0.113. The van der Waals surface area contributed by atoms with Crippen LogP contribution in [-0.2, 0) is 16.1 Å². The average Bonchev–Trinajstić information content (AvgIpc) is 3.13. The molecule has 1 N–H and O–H groups in total. The summed E-state index contributed by atoms with van der Waals surface area (Å²) in [6.07, 6.45) is 12.9. The van der Waals surface area contributed by atoms with Crippen LogP contribution in [0.3, 0.4) is 0 Å². The first-order valence-electron chi connectivity index (χ1n) is 13.9. The highest BCUT2D eigenvalue weighted by molar-refractivity contribution is 6.09. The Morgan fingerprint density at radius 1 is 1.13 bits per heavy atom. The summed E-state index contributed by atoms with van der Waals surface area (Å²) >= 11 is 0. The molecule has 0 bridgehead atoms. The SMILES string of the molecule is CC(C1=CC2=NC=C(C(=O)Nc3cccc4c3cnn4Cc3ccccc3)CCC2CC=C1)N1CCOCC1. The molecule has 1 saturated heterocycles. The van der Waals surface area contributed by atoms with Gasteiger partial charge in [-0.2, -0.15) is 5.10 Å². The van der Waals surface area contributed by atoms with Crippen LogP contribution in [0.25, 0.3) is 10.9 Å². The van der Waals surface area contributed by atoms with E-state index in [1.165, 1.54) is 11.1 Å². The van der Waals surface area contributed by atoms with Crippen LogP contribution in [0.2, 0.25) is 0 Å². The molecular formula is C32H35N5O2. The Bertz CT molecular complexity index is 1460. The lowest BCUT2D eigenvalue weighted by atomic mass is 9.93. The minimum absolute atomic E-state index is 0.0967. The maximum Gasteiger partial charge on any atom is 0.253 e. The molecule has 1 amide bonds. The first kappa shape index (κ1) is 25.5. The third-order valence-corrected chi connectivity index (χ3v) is 8.07. The molecule has 2 atom stereocenters. The zero-order valence-corrected chi connectivity index (χ0v) is 22.4. The van der Waals surface area contributed by atoms with Crippen molar-refractivity contribution < 1.29 is 9.53 Å². The molecule has 0 radical (unpaired) electrons. The van der Waals surface area contributed by atoms with Crippen LogP contribution in [0, 0.1) is 5.92 Å². The number of benzene rings is 2. The first-order valence-corrected chi connectivity index (χ1v) is 13.9. The van der Waals surface area contributed by atoms with Crippen LogP contribution >= 0.6 is 0 Å². The Morgan fingerprint density at radius 2 is 1.97 bits per heavy atom. The van der Waals surface area contributed by atoms with Gasteiger partial charge in [0.15, 0.2) is 0 Å². The maximum absolute atomic E-state index is 13.4. The minimum Gasteiger partial charge on any atom is -0.379 e. The smallest absolute Gasteiger partial charge is 0.253 e. The summed E-state index contributed by atoms with van der Waals surface area (Å²) in [4.78, 5) is 20.7. The number of rotatable bonds is 6. The lowest BCUT2D eigenvalue weighted by Gasteiger charge is -2.33. The molecular weight excluding hydrogens is 486 g/mol. The summed E-state index contributed by atoms with van der Waals surface area (Å²) in [7, 11) is 0. The molecule has 2 unspecified atom stereocenters. The number of anilines is 1. The number of fused-ring (bicyclic) bond motifs is 2. The summed E-state index contributed by atoms with van der Waals surface area (Å²) < 4.78 is 7.51. The van der Waals surface area contributed by atoms with Crippen molar-refractivity contribution >= 4 is 28.2 Å². The van der Waals surface area contributed by atoms with E-state index in [0.29, 0.717) is 30.5 Å². The second-order valence-electron chi connectivity index (χ2n) is 10.5. The highest BCUT2D eigenvalue weighted by atomic mass is 16.5. The molecule has 1 fully saturated rings. The minimum atomic E-state index is -0.0967. The quantitative estimate of drug-likeness (QED) is 0.474. The van der Waals surface area contributed by atoms with Gasteiger partial charge in [0.2, 0.25) is 0 Å². The van der Waals surface area contributed by atoms with Gasteiger partial charge >= 0.3 is 0 Å².